The van der Waals surface area contributed by atoms with E-state index in [2.05, 4.69) is 10.4 Å². The normalized spacial score (nSPS) is 9.89. The number of rotatable bonds is 3. The van der Waals surface area contributed by atoms with Crippen molar-refractivity contribution in [2.75, 3.05) is 12.4 Å². The molecule has 4 nitrogen and oxygen atoms in total. The highest BCUT2D eigenvalue weighted by Gasteiger charge is 2.22. The van der Waals surface area contributed by atoms with E-state index in [9.17, 15) is 9.18 Å². The molecule has 0 aliphatic carbocycles. The molecular weight excluding hydrogens is 269 g/mol. The van der Waals surface area contributed by atoms with Gasteiger partial charge in [-0.3, -0.25) is 9.48 Å². The third kappa shape index (κ3) is 2.61. The fourth-order valence-corrected chi connectivity index (χ4v) is 2.00. The second kappa shape index (κ2) is 5.84. The smallest absolute Gasteiger partial charge is 0.201 e. The van der Waals surface area contributed by atoms with Crippen LogP contribution in [0.25, 0.3) is 0 Å². The second-order valence-electron chi connectivity index (χ2n) is 3.99. The van der Waals surface area contributed by atoms with E-state index in [1.54, 1.807) is 37.8 Å². The molecule has 2 rings (SSSR count). The maximum Gasteiger partial charge on any atom is 0.201 e. The lowest BCUT2D eigenvalue weighted by Gasteiger charge is -2.05. The fraction of sp³-hybridized carbons (Fsp3) is 0.231. The molecular formula is C13H15ClFN3O. The van der Waals surface area contributed by atoms with Gasteiger partial charge in [-0.2, -0.15) is 5.10 Å². The quantitative estimate of drug-likeness (QED) is 0.881. The first-order chi connectivity index (χ1) is 8.56. The molecule has 0 fully saturated rings. The Balaban J connectivity index is 0.00000180. The van der Waals surface area contributed by atoms with Gasteiger partial charge in [0.25, 0.3) is 0 Å². The molecule has 0 saturated heterocycles. The summed E-state index contributed by atoms with van der Waals surface area (Å²) in [7, 11) is 3.44. The summed E-state index contributed by atoms with van der Waals surface area (Å²) in [4.78, 5) is 12.3. The zero-order valence-corrected chi connectivity index (χ0v) is 11.7. The maximum atomic E-state index is 13.6. The van der Waals surface area contributed by atoms with Gasteiger partial charge in [0, 0.05) is 14.1 Å². The van der Waals surface area contributed by atoms with E-state index in [0.717, 1.165) is 0 Å². The van der Waals surface area contributed by atoms with Crippen molar-refractivity contribution in [2.24, 2.45) is 7.05 Å². The predicted molar refractivity (Wildman–Crippen MR) is 74.6 cm³/mol. The number of hydrogen-bond donors (Lipinski definition) is 1. The molecule has 0 unspecified atom stereocenters. The van der Waals surface area contributed by atoms with E-state index < -0.39 is 5.82 Å². The highest BCUT2D eigenvalue weighted by atomic mass is 35.5. The molecule has 0 atom stereocenters. The van der Waals surface area contributed by atoms with E-state index >= 15 is 0 Å². The number of benzene rings is 1. The molecule has 0 amide bonds. The summed E-state index contributed by atoms with van der Waals surface area (Å²) >= 11 is 0. The van der Waals surface area contributed by atoms with E-state index in [0.29, 0.717) is 17.1 Å². The maximum absolute atomic E-state index is 13.6. The average Bonchev–Trinajstić information content (AvgIpc) is 2.63. The van der Waals surface area contributed by atoms with Crippen LogP contribution in [0.15, 0.2) is 24.3 Å². The summed E-state index contributed by atoms with van der Waals surface area (Å²) in [5, 5.41) is 7.08. The van der Waals surface area contributed by atoms with Gasteiger partial charge in [-0.05, 0) is 19.1 Å². The van der Waals surface area contributed by atoms with E-state index in [4.69, 9.17) is 0 Å². The topological polar surface area (TPSA) is 46.9 Å². The Labute approximate surface area is 117 Å². The number of anilines is 1. The van der Waals surface area contributed by atoms with Crippen LogP contribution in [0.1, 0.15) is 21.6 Å². The number of nitrogens with one attached hydrogen (secondary N) is 1. The summed E-state index contributed by atoms with van der Waals surface area (Å²) < 4.78 is 15.2. The van der Waals surface area contributed by atoms with Crippen molar-refractivity contribution in [3.05, 3.63) is 46.9 Å². The SMILES string of the molecule is CNc1c(C(=O)c2ccccc2F)c(C)nn1C.Cl. The van der Waals surface area contributed by atoms with Crippen molar-refractivity contribution in [1.29, 1.82) is 0 Å². The lowest BCUT2D eigenvalue weighted by atomic mass is 10.0. The van der Waals surface area contributed by atoms with Crippen LogP contribution in [0.2, 0.25) is 0 Å². The summed E-state index contributed by atoms with van der Waals surface area (Å²) in [6.07, 6.45) is 0. The fourth-order valence-electron chi connectivity index (χ4n) is 2.00. The summed E-state index contributed by atoms with van der Waals surface area (Å²) in [6, 6.07) is 5.95. The van der Waals surface area contributed by atoms with Gasteiger partial charge in [0.15, 0.2) is 0 Å². The van der Waals surface area contributed by atoms with Gasteiger partial charge in [0.1, 0.15) is 11.6 Å². The molecule has 0 bridgehead atoms. The Kier molecular flexibility index (Phi) is 4.67. The predicted octanol–water partition coefficient (Wildman–Crippen LogP) is 2.56. The Hall–Kier alpha value is -1.88. The van der Waals surface area contributed by atoms with Crippen LogP contribution in [0.4, 0.5) is 10.2 Å². The number of ketones is 1. The van der Waals surface area contributed by atoms with Crippen LogP contribution >= 0.6 is 12.4 Å². The molecule has 0 spiro atoms. The number of carbonyl (C=O) groups is 1. The van der Waals surface area contributed by atoms with Crippen molar-refractivity contribution in [3.8, 4) is 0 Å². The molecule has 102 valence electrons. The van der Waals surface area contributed by atoms with E-state index in [-0.39, 0.29) is 23.8 Å². The zero-order chi connectivity index (χ0) is 13.3. The number of nitrogens with zero attached hydrogens (tertiary/aromatic N) is 2. The molecule has 1 aromatic carbocycles. The highest BCUT2D eigenvalue weighted by Crippen LogP contribution is 2.23. The first-order valence-corrected chi connectivity index (χ1v) is 5.56. The largest absolute Gasteiger partial charge is 0.373 e. The third-order valence-electron chi connectivity index (χ3n) is 2.80. The molecule has 2 aromatic rings. The zero-order valence-electron chi connectivity index (χ0n) is 10.9. The average molecular weight is 284 g/mol. The Bertz CT molecular complexity index is 610. The molecule has 0 aliphatic rings. The minimum Gasteiger partial charge on any atom is -0.373 e. The monoisotopic (exact) mass is 283 g/mol. The molecule has 1 heterocycles. The summed E-state index contributed by atoms with van der Waals surface area (Å²) in [5.41, 5.74) is 1.05. The number of aromatic nitrogens is 2. The van der Waals surface area contributed by atoms with Crippen molar-refractivity contribution < 1.29 is 9.18 Å². The molecule has 1 aromatic heterocycles. The number of halogens is 2. The van der Waals surface area contributed by atoms with Crippen molar-refractivity contribution >= 4 is 24.0 Å². The van der Waals surface area contributed by atoms with Gasteiger partial charge >= 0.3 is 0 Å². The van der Waals surface area contributed by atoms with Crippen LogP contribution in [-0.2, 0) is 7.05 Å². The van der Waals surface area contributed by atoms with Gasteiger partial charge < -0.3 is 5.32 Å². The number of hydrogen-bond acceptors (Lipinski definition) is 3. The van der Waals surface area contributed by atoms with Gasteiger partial charge in [-0.1, -0.05) is 12.1 Å². The minimum absolute atomic E-state index is 0. The molecule has 1 N–H and O–H groups in total. The first kappa shape index (κ1) is 15.2. The van der Waals surface area contributed by atoms with Gasteiger partial charge in [-0.25, -0.2) is 4.39 Å². The Morgan fingerprint density at radius 1 is 1.37 bits per heavy atom. The van der Waals surface area contributed by atoms with Gasteiger partial charge in [0.2, 0.25) is 5.78 Å². The lowest BCUT2D eigenvalue weighted by molar-refractivity contribution is 0.103. The molecule has 0 aliphatic heterocycles. The van der Waals surface area contributed by atoms with Crippen LogP contribution in [0.5, 0.6) is 0 Å². The molecule has 6 heteroatoms. The van der Waals surface area contributed by atoms with E-state index in [1.165, 1.54) is 12.1 Å². The summed E-state index contributed by atoms with van der Waals surface area (Å²) in [5.74, 6) is -0.295. The highest BCUT2D eigenvalue weighted by molar-refractivity contribution is 6.12. The second-order valence-corrected chi connectivity index (χ2v) is 3.99. The van der Waals surface area contributed by atoms with Gasteiger partial charge in [-0.15, -0.1) is 12.4 Å². The summed E-state index contributed by atoms with van der Waals surface area (Å²) in [6.45, 7) is 1.73. The lowest BCUT2D eigenvalue weighted by Crippen LogP contribution is -2.08. The molecule has 0 radical (unpaired) electrons. The standard InChI is InChI=1S/C13H14FN3O.ClH/c1-8-11(13(15-2)17(3)16-8)12(18)9-6-4-5-7-10(9)14;/h4-7,15H,1-3H3;1H. The number of aryl methyl sites for hydroxylation is 2. The molecule has 0 saturated carbocycles. The van der Waals surface area contributed by atoms with Crippen LogP contribution < -0.4 is 5.32 Å². The van der Waals surface area contributed by atoms with E-state index in [1.807, 2.05) is 0 Å². The van der Waals surface area contributed by atoms with Crippen LogP contribution in [0, 0.1) is 12.7 Å². The minimum atomic E-state index is -0.521. The van der Waals surface area contributed by atoms with Crippen molar-refractivity contribution in [2.45, 2.75) is 6.92 Å². The Morgan fingerprint density at radius 3 is 2.58 bits per heavy atom. The third-order valence-corrected chi connectivity index (χ3v) is 2.80. The van der Waals surface area contributed by atoms with Crippen LogP contribution in [-0.4, -0.2) is 22.6 Å². The number of carbonyl (C=O) groups excluding carboxylic acids is 1. The Morgan fingerprint density at radius 2 is 2.00 bits per heavy atom. The molecule has 19 heavy (non-hydrogen) atoms. The van der Waals surface area contributed by atoms with Crippen molar-refractivity contribution in [1.82, 2.24) is 9.78 Å². The first-order valence-electron chi connectivity index (χ1n) is 5.56. The van der Waals surface area contributed by atoms with Gasteiger partial charge in [0.05, 0.1) is 16.8 Å². The van der Waals surface area contributed by atoms with Crippen LogP contribution in [0.3, 0.4) is 0 Å². The van der Waals surface area contributed by atoms with Crippen molar-refractivity contribution in [3.63, 3.8) is 0 Å².